The van der Waals surface area contributed by atoms with Gasteiger partial charge >= 0.3 is 0 Å². The maximum Gasteiger partial charge on any atom is 0.170 e. The smallest absolute Gasteiger partial charge is 0.170 e. The summed E-state index contributed by atoms with van der Waals surface area (Å²) in [4.78, 5) is 12.1. The van der Waals surface area contributed by atoms with Crippen LogP contribution in [0.3, 0.4) is 0 Å². The average molecular weight is 252 g/mol. The van der Waals surface area contributed by atoms with E-state index in [1.54, 1.807) is 6.07 Å². The normalized spacial score (nSPS) is 27.1. The number of ether oxygens (including phenoxy) is 1. The van der Waals surface area contributed by atoms with Gasteiger partial charge in [0.05, 0.1) is 12.0 Å². The number of halogens is 1. The Balaban J connectivity index is 2.06. The van der Waals surface area contributed by atoms with Gasteiger partial charge in [0.15, 0.2) is 5.78 Å². The van der Waals surface area contributed by atoms with Crippen molar-refractivity contribution in [3.05, 3.63) is 28.3 Å². The molecule has 0 saturated carbocycles. The van der Waals surface area contributed by atoms with Gasteiger partial charge in [-0.15, -0.1) is 0 Å². The SMILES string of the molecule is Cc1cc2c(cc1Cl)C(=O)CC1(CCNC1)O2. The van der Waals surface area contributed by atoms with E-state index in [0.717, 1.165) is 25.1 Å². The number of nitrogens with one attached hydrogen (secondary N) is 1. The summed E-state index contributed by atoms with van der Waals surface area (Å²) in [6, 6.07) is 3.60. The van der Waals surface area contributed by atoms with E-state index in [9.17, 15) is 4.79 Å². The van der Waals surface area contributed by atoms with Crippen LogP contribution in [0.2, 0.25) is 5.02 Å². The van der Waals surface area contributed by atoms with Crippen LogP contribution in [-0.4, -0.2) is 24.5 Å². The zero-order valence-corrected chi connectivity index (χ0v) is 10.4. The van der Waals surface area contributed by atoms with Crippen LogP contribution in [0.4, 0.5) is 0 Å². The molecular formula is C13H14ClNO2. The minimum absolute atomic E-state index is 0.136. The molecule has 0 bridgehead atoms. The van der Waals surface area contributed by atoms with Gasteiger partial charge in [-0.05, 0) is 31.2 Å². The first-order chi connectivity index (χ1) is 8.10. The van der Waals surface area contributed by atoms with E-state index in [1.807, 2.05) is 13.0 Å². The fraction of sp³-hybridized carbons (Fsp3) is 0.462. The molecule has 90 valence electrons. The number of hydrogen-bond donors (Lipinski definition) is 1. The molecule has 1 aromatic rings. The second-order valence-electron chi connectivity index (χ2n) is 4.91. The molecule has 3 nitrogen and oxygen atoms in total. The van der Waals surface area contributed by atoms with Crippen molar-refractivity contribution in [1.82, 2.24) is 5.32 Å². The summed E-state index contributed by atoms with van der Waals surface area (Å²) >= 11 is 6.04. The number of hydrogen-bond acceptors (Lipinski definition) is 3. The van der Waals surface area contributed by atoms with Gasteiger partial charge in [0.25, 0.3) is 0 Å². The van der Waals surface area contributed by atoms with Crippen molar-refractivity contribution in [1.29, 1.82) is 0 Å². The molecule has 1 fully saturated rings. The molecule has 1 saturated heterocycles. The molecule has 1 spiro atoms. The van der Waals surface area contributed by atoms with Crippen LogP contribution in [-0.2, 0) is 0 Å². The maximum absolute atomic E-state index is 12.1. The summed E-state index contributed by atoms with van der Waals surface area (Å²) in [6.07, 6.45) is 1.34. The molecule has 2 aliphatic rings. The van der Waals surface area contributed by atoms with Crippen molar-refractivity contribution >= 4 is 17.4 Å². The Morgan fingerprint density at radius 2 is 2.29 bits per heavy atom. The molecule has 0 amide bonds. The average Bonchev–Trinajstić information content (AvgIpc) is 2.70. The first kappa shape index (κ1) is 11.1. The molecule has 4 heteroatoms. The minimum Gasteiger partial charge on any atom is -0.485 e. The van der Waals surface area contributed by atoms with Crippen LogP contribution >= 0.6 is 11.6 Å². The molecule has 1 aromatic carbocycles. The molecule has 2 aliphatic heterocycles. The quantitative estimate of drug-likeness (QED) is 0.769. The van der Waals surface area contributed by atoms with Crippen LogP contribution in [0.25, 0.3) is 0 Å². The zero-order valence-electron chi connectivity index (χ0n) is 9.68. The highest BCUT2D eigenvalue weighted by Crippen LogP contribution is 2.38. The Morgan fingerprint density at radius 3 is 3.00 bits per heavy atom. The number of carbonyl (C=O) groups excluding carboxylic acids is 1. The Bertz CT molecular complexity index is 492. The highest BCUT2D eigenvalue weighted by Gasteiger charge is 2.42. The lowest BCUT2D eigenvalue weighted by Gasteiger charge is -2.34. The van der Waals surface area contributed by atoms with Crippen molar-refractivity contribution in [2.75, 3.05) is 13.1 Å². The predicted octanol–water partition coefficient (Wildman–Crippen LogP) is 2.35. The van der Waals surface area contributed by atoms with Gasteiger partial charge in [0.2, 0.25) is 0 Å². The summed E-state index contributed by atoms with van der Waals surface area (Å²) in [5.74, 6) is 0.823. The van der Waals surface area contributed by atoms with E-state index in [1.165, 1.54) is 0 Å². The topological polar surface area (TPSA) is 38.3 Å². The Hall–Kier alpha value is -1.06. The van der Waals surface area contributed by atoms with Crippen molar-refractivity contribution in [3.63, 3.8) is 0 Å². The van der Waals surface area contributed by atoms with Crippen LogP contribution in [0, 0.1) is 6.92 Å². The van der Waals surface area contributed by atoms with Crippen molar-refractivity contribution in [2.24, 2.45) is 0 Å². The van der Waals surface area contributed by atoms with E-state index in [2.05, 4.69) is 5.32 Å². The lowest BCUT2D eigenvalue weighted by atomic mass is 9.89. The van der Waals surface area contributed by atoms with E-state index in [0.29, 0.717) is 22.8 Å². The number of carbonyl (C=O) groups is 1. The second kappa shape index (κ2) is 3.72. The molecule has 0 aromatic heterocycles. The molecule has 1 N–H and O–H groups in total. The molecule has 0 aliphatic carbocycles. The monoisotopic (exact) mass is 251 g/mol. The highest BCUT2D eigenvalue weighted by molar-refractivity contribution is 6.31. The fourth-order valence-electron chi connectivity index (χ4n) is 2.57. The van der Waals surface area contributed by atoms with Crippen LogP contribution in [0.5, 0.6) is 5.75 Å². The molecular weight excluding hydrogens is 238 g/mol. The summed E-state index contributed by atoms with van der Waals surface area (Å²) in [6.45, 7) is 3.58. The van der Waals surface area contributed by atoms with Crippen LogP contribution < -0.4 is 10.1 Å². The Morgan fingerprint density at radius 1 is 1.47 bits per heavy atom. The summed E-state index contributed by atoms with van der Waals surface area (Å²) < 4.78 is 6.04. The standard InChI is InChI=1S/C13H14ClNO2/c1-8-4-12-9(5-10(8)14)11(16)6-13(17-12)2-3-15-7-13/h4-5,15H,2-3,6-7H2,1H3. The highest BCUT2D eigenvalue weighted by atomic mass is 35.5. The molecule has 2 heterocycles. The largest absolute Gasteiger partial charge is 0.485 e. The van der Waals surface area contributed by atoms with Crippen molar-refractivity contribution < 1.29 is 9.53 Å². The fourth-order valence-corrected chi connectivity index (χ4v) is 2.74. The third-order valence-corrected chi connectivity index (χ3v) is 3.98. The Labute approximate surface area is 105 Å². The number of ketones is 1. The van der Waals surface area contributed by atoms with Gasteiger partial charge in [-0.3, -0.25) is 4.79 Å². The lowest BCUT2D eigenvalue weighted by molar-refractivity contribution is 0.0528. The summed E-state index contributed by atoms with van der Waals surface area (Å²) in [7, 11) is 0. The van der Waals surface area contributed by atoms with Gasteiger partial charge < -0.3 is 10.1 Å². The zero-order chi connectivity index (χ0) is 12.0. The second-order valence-corrected chi connectivity index (χ2v) is 5.32. The Kier molecular flexibility index (Phi) is 2.42. The number of Topliss-reactive ketones (excluding diaryl/α,β-unsaturated/α-hetero) is 1. The molecule has 1 unspecified atom stereocenters. The van der Waals surface area contributed by atoms with E-state index in [4.69, 9.17) is 16.3 Å². The van der Waals surface area contributed by atoms with E-state index < -0.39 is 0 Å². The van der Waals surface area contributed by atoms with Crippen LogP contribution in [0.1, 0.15) is 28.8 Å². The molecule has 1 atom stereocenters. The number of aryl methyl sites for hydroxylation is 1. The molecule has 17 heavy (non-hydrogen) atoms. The third-order valence-electron chi connectivity index (χ3n) is 3.57. The van der Waals surface area contributed by atoms with Gasteiger partial charge in [-0.25, -0.2) is 0 Å². The number of rotatable bonds is 0. The minimum atomic E-state index is -0.329. The van der Waals surface area contributed by atoms with Crippen LogP contribution in [0.15, 0.2) is 12.1 Å². The van der Waals surface area contributed by atoms with Crippen molar-refractivity contribution in [2.45, 2.75) is 25.4 Å². The van der Waals surface area contributed by atoms with Gasteiger partial charge in [-0.2, -0.15) is 0 Å². The molecule has 3 rings (SSSR count). The van der Waals surface area contributed by atoms with E-state index >= 15 is 0 Å². The van der Waals surface area contributed by atoms with E-state index in [-0.39, 0.29) is 11.4 Å². The first-order valence-electron chi connectivity index (χ1n) is 5.83. The first-order valence-corrected chi connectivity index (χ1v) is 6.21. The van der Waals surface area contributed by atoms with Gasteiger partial charge in [0.1, 0.15) is 11.4 Å². The lowest BCUT2D eigenvalue weighted by Crippen LogP contribution is -2.43. The van der Waals surface area contributed by atoms with Crippen molar-refractivity contribution in [3.8, 4) is 5.75 Å². The van der Waals surface area contributed by atoms with Gasteiger partial charge in [-0.1, -0.05) is 11.6 Å². The van der Waals surface area contributed by atoms with Gasteiger partial charge in [0, 0.05) is 18.0 Å². The number of fused-ring (bicyclic) bond motifs is 1. The predicted molar refractivity (Wildman–Crippen MR) is 66.0 cm³/mol. The number of benzene rings is 1. The summed E-state index contributed by atoms with van der Waals surface area (Å²) in [5.41, 5.74) is 1.24. The maximum atomic E-state index is 12.1. The molecule has 0 radical (unpaired) electrons. The summed E-state index contributed by atoms with van der Waals surface area (Å²) in [5, 5.41) is 3.88. The third kappa shape index (κ3) is 1.74.